The highest BCUT2D eigenvalue weighted by atomic mass is 16.3. The summed E-state index contributed by atoms with van der Waals surface area (Å²) in [5.41, 5.74) is -0.491. The number of rotatable bonds is 4. The molecule has 1 atom stereocenters. The Bertz CT molecular complexity index is 130. The van der Waals surface area contributed by atoms with Gasteiger partial charge in [-0.25, -0.2) is 0 Å². The summed E-state index contributed by atoms with van der Waals surface area (Å²) in [6.45, 7) is 7.73. The number of nitrogens with one attached hydrogen (secondary N) is 2. The zero-order valence-electron chi connectivity index (χ0n) is 8.06. The van der Waals surface area contributed by atoms with Crippen LogP contribution in [0, 0.1) is 5.92 Å². The molecule has 1 aliphatic rings. The SMILES string of the molecule is CC(C)CNCC1(O)CCNC1. The van der Waals surface area contributed by atoms with Crippen molar-refractivity contribution in [2.75, 3.05) is 26.2 Å². The van der Waals surface area contributed by atoms with Crippen LogP contribution >= 0.6 is 0 Å². The van der Waals surface area contributed by atoms with Crippen molar-refractivity contribution in [3.63, 3.8) is 0 Å². The lowest BCUT2D eigenvalue weighted by atomic mass is 10.0. The van der Waals surface area contributed by atoms with Crippen LogP contribution < -0.4 is 10.6 Å². The molecule has 0 aromatic rings. The summed E-state index contributed by atoms with van der Waals surface area (Å²) in [6.07, 6.45) is 0.873. The van der Waals surface area contributed by atoms with Crippen molar-refractivity contribution in [2.24, 2.45) is 5.92 Å². The summed E-state index contributed by atoms with van der Waals surface area (Å²) in [5.74, 6) is 0.656. The van der Waals surface area contributed by atoms with Crippen LogP contribution in [0.4, 0.5) is 0 Å². The average molecular weight is 172 g/mol. The molecule has 0 aliphatic carbocycles. The zero-order valence-corrected chi connectivity index (χ0v) is 8.06. The fourth-order valence-corrected chi connectivity index (χ4v) is 1.47. The molecule has 3 N–H and O–H groups in total. The molecule has 3 nitrogen and oxygen atoms in total. The van der Waals surface area contributed by atoms with Gasteiger partial charge >= 0.3 is 0 Å². The molecule has 3 heteroatoms. The van der Waals surface area contributed by atoms with Crippen molar-refractivity contribution in [3.8, 4) is 0 Å². The van der Waals surface area contributed by atoms with Crippen molar-refractivity contribution in [3.05, 3.63) is 0 Å². The van der Waals surface area contributed by atoms with Gasteiger partial charge in [0, 0.05) is 13.1 Å². The molecular formula is C9H20N2O. The van der Waals surface area contributed by atoms with Gasteiger partial charge in [0.1, 0.15) is 0 Å². The highest BCUT2D eigenvalue weighted by Crippen LogP contribution is 2.12. The summed E-state index contributed by atoms with van der Waals surface area (Å²) in [5, 5.41) is 16.3. The lowest BCUT2D eigenvalue weighted by Gasteiger charge is -2.22. The van der Waals surface area contributed by atoms with Crippen molar-refractivity contribution >= 4 is 0 Å². The number of β-amino-alcohol motifs (C(OH)–C–C–N with tert-alkyl or cyclic N) is 1. The molecular weight excluding hydrogens is 152 g/mol. The van der Waals surface area contributed by atoms with Crippen molar-refractivity contribution in [1.82, 2.24) is 10.6 Å². The summed E-state index contributed by atoms with van der Waals surface area (Å²) >= 11 is 0. The van der Waals surface area contributed by atoms with Crippen LogP contribution in [0.15, 0.2) is 0 Å². The standard InChI is InChI=1S/C9H20N2O/c1-8(2)5-11-7-9(12)3-4-10-6-9/h8,10-12H,3-7H2,1-2H3. The van der Waals surface area contributed by atoms with Crippen molar-refractivity contribution in [2.45, 2.75) is 25.9 Å². The van der Waals surface area contributed by atoms with E-state index in [1.807, 2.05) is 0 Å². The molecule has 0 amide bonds. The van der Waals surface area contributed by atoms with Crippen LogP contribution in [-0.4, -0.2) is 36.9 Å². The number of hydrogen-bond donors (Lipinski definition) is 3. The largest absolute Gasteiger partial charge is 0.387 e. The van der Waals surface area contributed by atoms with Crippen LogP contribution in [0.3, 0.4) is 0 Å². The van der Waals surface area contributed by atoms with Gasteiger partial charge < -0.3 is 15.7 Å². The van der Waals surface area contributed by atoms with Gasteiger partial charge in [0.25, 0.3) is 0 Å². The molecule has 0 bridgehead atoms. The van der Waals surface area contributed by atoms with Crippen LogP contribution in [-0.2, 0) is 0 Å². The maximum absolute atomic E-state index is 9.88. The Morgan fingerprint density at radius 2 is 2.33 bits per heavy atom. The molecule has 0 spiro atoms. The molecule has 0 radical (unpaired) electrons. The molecule has 12 heavy (non-hydrogen) atoms. The first-order valence-electron chi connectivity index (χ1n) is 4.76. The maximum atomic E-state index is 9.88. The van der Waals surface area contributed by atoms with E-state index in [-0.39, 0.29) is 0 Å². The fraction of sp³-hybridized carbons (Fsp3) is 1.00. The molecule has 1 unspecified atom stereocenters. The molecule has 1 rings (SSSR count). The van der Waals surface area contributed by atoms with E-state index < -0.39 is 5.60 Å². The van der Waals surface area contributed by atoms with E-state index in [1.54, 1.807) is 0 Å². The fourth-order valence-electron chi connectivity index (χ4n) is 1.47. The maximum Gasteiger partial charge on any atom is 0.0907 e. The second-order valence-corrected chi connectivity index (χ2v) is 4.18. The van der Waals surface area contributed by atoms with Gasteiger partial charge in [-0.2, -0.15) is 0 Å². The lowest BCUT2D eigenvalue weighted by molar-refractivity contribution is 0.0606. The first-order valence-corrected chi connectivity index (χ1v) is 4.76. The summed E-state index contributed by atoms with van der Waals surface area (Å²) in [7, 11) is 0. The van der Waals surface area contributed by atoms with Gasteiger partial charge in [0.2, 0.25) is 0 Å². The third-order valence-corrected chi connectivity index (χ3v) is 2.23. The third kappa shape index (κ3) is 3.09. The third-order valence-electron chi connectivity index (χ3n) is 2.23. The molecule has 0 aromatic heterocycles. The van der Waals surface area contributed by atoms with E-state index >= 15 is 0 Å². The smallest absolute Gasteiger partial charge is 0.0907 e. The Labute approximate surface area is 74.5 Å². The van der Waals surface area contributed by atoms with Crippen LogP contribution in [0.5, 0.6) is 0 Å². The molecule has 1 saturated heterocycles. The first kappa shape index (κ1) is 9.96. The average Bonchev–Trinajstić information content (AvgIpc) is 2.35. The van der Waals surface area contributed by atoms with E-state index in [0.717, 1.165) is 32.6 Å². The highest BCUT2D eigenvalue weighted by Gasteiger charge is 2.30. The van der Waals surface area contributed by atoms with E-state index in [9.17, 15) is 5.11 Å². The molecule has 1 fully saturated rings. The second-order valence-electron chi connectivity index (χ2n) is 4.18. The van der Waals surface area contributed by atoms with Crippen LogP contribution in [0.1, 0.15) is 20.3 Å². The summed E-state index contributed by atoms with van der Waals surface area (Å²) in [6, 6.07) is 0. The van der Waals surface area contributed by atoms with E-state index in [1.165, 1.54) is 0 Å². The van der Waals surface area contributed by atoms with Gasteiger partial charge in [-0.1, -0.05) is 13.8 Å². The van der Waals surface area contributed by atoms with E-state index in [2.05, 4.69) is 24.5 Å². The minimum absolute atomic E-state index is 0.491. The monoisotopic (exact) mass is 172 g/mol. The Morgan fingerprint density at radius 1 is 1.58 bits per heavy atom. The van der Waals surface area contributed by atoms with Gasteiger partial charge in [0.05, 0.1) is 5.60 Å². The summed E-state index contributed by atoms with van der Waals surface area (Å²) in [4.78, 5) is 0. The van der Waals surface area contributed by atoms with Gasteiger partial charge in [-0.15, -0.1) is 0 Å². The van der Waals surface area contributed by atoms with Gasteiger partial charge in [-0.3, -0.25) is 0 Å². The van der Waals surface area contributed by atoms with Crippen molar-refractivity contribution in [1.29, 1.82) is 0 Å². The Hall–Kier alpha value is -0.120. The molecule has 0 aromatic carbocycles. The molecule has 1 heterocycles. The van der Waals surface area contributed by atoms with Gasteiger partial charge in [-0.05, 0) is 25.4 Å². The zero-order chi connectivity index (χ0) is 9.03. The Morgan fingerprint density at radius 3 is 2.83 bits per heavy atom. The minimum atomic E-state index is -0.491. The molecule has 72 valence electrons. The number of aliphatic hydroxyl groups is 1. The lowest BCUT2D eigenvalue weighted by Crippen LogP contribution is -2.43. The van der Waals surface area contributed by atoms with Crippen LogP contribution in [0.2, 0.25) is 0 Å². The molecule has 1 aliphatic heterocycles. The van der Waals surface area contributed by atoms with E-state index in [4.69, 9.17) is 0 Å². The quantitative estimate of drug-likeness (QED) is 0.557. The number of hydrogen-bond acceptors (Lipinski definition) is 3. The molecule has 0 saturated carbocycles. The Kier molecular flexibility index (Phi) is 3.50. The topological polar surface area (TPSA) is 44.3 Å². The van der Waals surface area contributed by atoms with Gasteiger partial charge in [0.15, 0.2) is 0 Å². The van der Waals surface area contributed by atoms with Crippen LogP contribution in [0.25, 0.3) is 0 Å². The van der Waals surface area contributed by atoms with Crippen molar-refractivity contribution < 1.29 is 5.11 Å². The predicted molar refractivity (Wildman–Crippen MR) is 50.1 cm³/mol. The Balaban J connectivity index is 2.13. The van der Waals surface area contributed by atoms with E-state index in [0.29, 0.717) is 5.92 Å². The second kappa shape index (κ2) is 4.21. The summed E-state index contributed by atoms with van der Waals surface area (Å²) < 4.78 is 0. The predicted octanol–water partition coefficient (Wildman–Crippen LogP) is -0.0436. The normalized spacial score (nSPS) is 30.0. The highest BCUT2D eigenvalue weighted by molar-refractivity contribution is 4.89. The minimum Gasteiger partial charge on any atom is -0.387 e. The first-order chi connectivity index (χ1) is 5.62.